The van der Waals surface area contributed by atoms with Crippen molar-refractivity contribution in [1.29, 1.82) is 0 Å². The highest BCUT2D eigenvalue weighted by atomic mass is 79.9. The van der Waals surface area contributed by atoms with Crippen molar-refractivity contribution >= 4 is 31.9 Å². The molecule has 5 heteroatoms. The molecule has 1 aromatic carbocycles. The van der Waals surface area contributed by atoms with E-state index in [1.165, 1.54) is 0 Å². The van der Waals surface area contributed by atoms with Gasteiger partial charge in [0.2, 0.25) is 6.43 Å². The molecule has 78 valence electrons. The van der Waals surface area contributed by atoms with E-state index in [4.69, 9.17) is 5.73 Å². The molecule has 2 N–H and O–H groups in total. The van der Waals surface area contributed by atoms with Crippen molar-refractivity contribution in [2.45, 2.75) is 18.9 Å². The number of halogens is 4. The minimum absolute atomic E-state index is 0.317. The minimum Gasteiger partial charge on any atom is -0.324 e. The first kappa shape index (κ1) is 12.1. The Morgan fingerprint density at radius 3 is 2.07 bits per heavy atom. The van der Waals surface area contributed by atoms with Gasteiger partial charge >= 0.3 is 0 Å². The Labute approximate surface area is 97.9 Å². The Balaban J connectivity index is 2.84. The Morgan fingerprint density at radius 1 is 1.14 bits per heavy atom. The van der Waals surface area contributed by atoms with Gasteiger partial charge in [0.15, 0.2) is 0 Å². The maximum absolute atomic E-state index is 12.1. The Kier molecular flexibility index (Phi) is 4.47. The lowest BCUT2D eigenvalue weighted by molar-refractivity contribution is 0.128. The second kappa shape index (κ2) is 5.19. The summed E-state index contributed by atoms with van der Waals surface area (Å²) in [5, 5.41) is 0. The molecule has 0 heterocycles. The number of hydrogen-bond donors (Lipinski definition) is 1. The van der Waals surface area contributed by atoms with E-state index in [0.717, 1.165) is 8.95 Å². The largest absolute Gasteiger partial charge is 0.324 e. The summed E-state index contributed by atoms with van der Waals surface area (Å²) in [4.78, 5) is 0. The molecule has 0 spiro atoms. The van der Waals surface area contributed by atoms with Gasteiger partial charge in [0.1, 0.15) is 0 Å². The molecule has 1 rings (SSSR count). The van der Waals surface area contributed by atoms with Crippen molar-refractivity contribution in [2.24, 2.45) is 5.73 Å². The third-order valence-corrected chi connectivity index (χ3v) is 2.66. The van der Waals surface area contributed by atoms with Crippen LogP contribution in [0.5, 0.6) is 0 Å². The highest BCUT2D eigenvalue weighted by Gasteiger charge is 2.13. The molecule has 0 saturated carbocycles. The van der Waals surface area contributed by atoms with Crippen LogP contribution in [0, 0.1) is 0 Å². The van der Waals surface area contributed by atoms with Crippen molar-refractivity contribution in [3.8, 4) is 0 Å². The molecule has 0 aliphatic heterocycles. The van der Waals surface area contributed by atoms with E-state index in [0.29, 0.717) is 5.56 Å². The first-order valence-electron chi connectivity index (χ1n) is 3.98. The molecule has 1 nitrogen and oxygen atoms in total. The summed E-state index contributed by atoms with van der Waals surface area (Å²) >= 11 is 6.55. The molecule has 1 aromatic rings. The van der Waals surface area contributed by atoms with E-state index in [1.54, 1.807) is 12.1 Å². The monoisotopic (exact) mass is 327 g/mol. The lowest BCUT2D eigenvalue weighted by Gasteiger charge is -2.12. The number of hydrogen-bond acceptors (Lipinski definition) is 1. The SMILES string of the molecule is N[C@H](CC(F)F)c1cc(Br)cc(Br)c1. The molecule has 0 aliphatic carbocycles. The quantitative estimate of drug-likeness (QED) is 0.895. The maximum atomic E-state index is 12.1. The summed E-state index contributed by atoms with van der Waals surface area (Å²) in [5.41, 5.74) is 6.31. The number of nitrogens with two attached hydrogens (primary N) is 1. The Morgan fingerprint density at radius 2 is 1.64 bits per heavy atom. The normalized spacial score (nSPS) is 13.3. The fraction of sp³-hybridized carbons (Fsp3) is 0.333. The van der Waals surface area contributed by atoms with Crippen LogP contribution in [0.2, 0.25) is 0 Å². The van der Waals surface area contributed by atoms with E-state index < -0.39 is 12.5 Å². The Hall–Kier alpha value is -0.000000000000000111. The number of rotatable bonds is 3. The zero-order valence-electron chi connectivity index (χ0n) is 7.18. The first-order chi connectivity index (χ1) is 6.49. The van der Waals surface area contributed by atoms with Gasteiger partial charge in [-0.15, -0.1) is 0 Å². The van der Waals surface area contributed by atoms with Crippen LogP contribution in [0.4, 0.5) is 8.78 Å². The maximum Gasteiger partial charge on any atom is 0.240 e. The molecule has 0 saturated heterocycles. The number of benzene rings is 1. The topological polar surface area (TPSA) is 26.0 Å². The van der Waals surface area contributed by atoms with Gasteiger partial charge in [0, 0.05) is 21.4 Å². The van der Waals surface area contributed by atoms with Gasteiger partial charge in [0.25, 0.3) is 0 Å². The zero-order chi connectivity index (χ0) is 10.7. The van der Waals surface area contributed by atoms with Crippen LogP contribution in [0.1, 0.15) is 18.0 Å². The van der Waals surface area contributed by atoms with E-state index in [9.17, 15) is 8.78 Å². The van der Waals surface area contributed by atoms with Gasteiger partial charge in [-0.05, 0) is 23.8 Å². The van der Waals surface area contributed by atoms with Gasteiger partial charge in [-0.2, -0.15) is 0 Å². The van der Waals surface area contributed by atoms with Gasteiger partial charge in [-0.3, -0.25) is 0 Å². The zero-order valence-corrected chi connectivity index (χ0v) is 10.4. The fourth-order valence-electron chi connectivity index (χ4n) is 1.12. The highest BCUT2D eigenvalue weighted by molar-refractivity contribution is 9.11. The molecule has 14 heavy (non-hydrogen) atoms. The van der Waals surface area contributed by atoms with Crippen molar-refractivity contribution in [2.75, 3.05) is 0 Å². The molecule has 0 aliphatic rings. The van der Waals surface area contributed by atoms with Crippen molar-refractivity contribution < 1.29 is 8.78 Å². The second-order valence-corrected chi connectivity index (χ2v) is 4.77. The third-order valence-electron chi connectivity index (χ3n) is 1.75. The molecule has 0 bridgehead atoms. The molecule has 0 radical (unpaired) electrons. The van der Waals surface area contributed by atoms with Crippen LogP contribution in [0.3, 0.4) is 0 Å². The smallest absolute Gasteiger partial charge is 0.240 e. The predicted molar refractivity (Wildman–Crippen MR) is 59.4 cm³/mol. The summed E-state index contributed by atoms with van der Waals surface area (Å²) in [5.74, 6) is 0. The molecular formula is C9H9Br2F2N. The van der Waals surface area contributed by atoms with Crippen LogP contribution < -0.4 is 5.73 Å². The molecule has 1 atom stereocenters. The van der Waals surface area contributed by atoms with Crippen LogP contribution in [-0.2, 0) is 0 Å². The van der Waals surface area contributed by atoms with Gasteiger partial charge < -0.3 is 5.73 Å². The van der Waals surface area contributed by atoms with Crippen LogP contribution in [0.25, 0.3) is 0 Å². The van der Waals surface area contributed by atoms with E-state index in [2.05, 4.69) is 31.9 Å². The van der Waals surface area contributed by atoms with Gasteiger partial charge in [-0.25, -0.2) is 8.78 Å². The van der Waals surface area contributed by atoms with Crippen LogP contribution in [-0.4, -0.2) is 6.43 Å². The number of alkyl halides is 2. The summed E-state index contributed by atoms with van der Waals surface area (Å²) in [6.07, 6.45) is -2.69. The lowest BCUT2D eigenvalue weighted by Crippen LogP contribution is -2.13. The van der Waals surface area contributed by atoms with E-state index >= 15 is 0 Å². The molecule has 0 amide bonds. The third kappa shape index (κ3) is 3.63. The van der Waals surface area contributed by atoms with E-state index in [-0.39, 0.29) is 6.42 Å². The van der Waals surface area contributed by atoms with E-state index in [1.807, 2.05) is 6.07 Å². The molecular weight excluding hydrogens is 320 g/mol. The summed E-state index contributed by atoms with van der Waals surface area (Å²) in [6, 6.07) is 4.71. The highest BCUT2D eigenvalue weighted by Crippen LogP contribution is 2.25. The predicted octanol–water partition coefficient (Wildman–Crippen LogP) is 3.87. The van der Waals surface area contributed by atoms with Crippen LogP contribution >= 0.6 is 31.9 Å². The summed E-state index contributed by atoms with van der Waals surface area (Å²) < 4.78 is 25.8. The molecule has 0 aromatic heterocycles. The van der Waals surface area contributed by atoms with Gasteiger partial charge in [0.05, 0.1) is 0 Å². The van der Waals surface area contributed by atoms with Crippen molar-refractivity contribution in [3.05, 3.63) is 32.7 Å². The summed E-state index contributed by atoms with van der Waals surface area (Å²) in [6.45, 7) is 0. The lowest BCUT2D eigenvalue weighted by atomic mass is 10.1. The van der Waals surface area contributed by atoms with Gasteiger partial charge in [-0.1, -0.05) is 31.9 Å². The molecule has 0 unspecified atom stereocenters. The van der Waals surface area contributed by atoms with Crippen molar-refractivity contribution in [1.82, 2.24) is 0 Å². The standard InChI is InChI=1S/C9H9Br2F2N/c10-6-1-5(2-7(11)3-6)8(14)4-9(12)13/h1-3,8-9H,4,14H2/t8-/m1/s1. The fourth-order valence-corrected chi connectivity index (χ4v) is 2.45. The minimum atomic E-state index is -2.37. The summed E-state index contributed by atoms with van der Waals surface area (Å²) in [7, 11) is 0. The van der Waals surface area contributed by atoms with Crippen LogP contribution in [0.15, 0.2) is 27.1 Å². The average Bonchev–Trinajstić information content (AvgIpc) is 2.00. The second-order valence-electron chi connectivity index (χ2n) is 2.94. The van der Waals surface area contributed by atoms with Crippen molar-refractivity contribution in [3.63, 3.8) is 0 Å². The molecule has 0 fully saturated rings. The Bertz CT molecular complexity index is 297. The average molecular weight is 329 g/mol. The first-order valence-corrected chi connectivity index (χ1v) is 5.57.